The molecule has 0 amide bonds. The summed E-state index contributed by atoms with van der Waals surface area (Å²) < 4.78 is 5.29. The number of para-hydroxylation sites is 1. The van der Waals surface area contributed by atoms with Gasteiger partial charge in [0.1, 0.15) is 5.76 Å². The van der Waals surface area contributed by atoms with E-state index in [1.54, 1.807) is 6.26 Å². The maximum atomic E-state index is 5.29. The van der Waals surface area contributed by atoms with E-state index in [1.807, 2.05) is 54.6 Å². The normalized spacial score (nSPS) is 11.7. The van der Waals surface area contributed by atoms with Gasteiger partial charge < -0.3 is 4.42 Å². The average molecular weight is 323 g/mol. The van der Waals surface area contributed by atoms with Gasteiger partial charge in [-0.05, 0) is 47.5 Å². The van der Waals surface area contributed by atoms with Crippen LogP contribution in [0.1, 0.15) is 22.6 Å². The Hall–Kier alpha value is -3.39. The van der Waals surface area contributed by atoms with E-state index in [0.717, 1.165) is 33.5 Å². The molecule has 2 heteroatoms. The van der Waals surface area contributed by atoms with Crippen molar-refractivity contribution < 1.29 is 4.42 Å². The summed E-state index contributed by atoms with van der Waals surface area (Å²) >= 11 is 0. The van der Waals surface area contributed by atoms with Crippen LogP contribution in [0.3, 0.4) is 0 Å². The zero-order chi connectivity index (χ0) is 16.9. The van der Waals surface area contributed by atoms with Gasteiger partial charge in [-0.3, -0.25) is 0 Å². The van der Waals surface area contributed by atoms with Crippen LogP contribution in [0.15, 0.2) is 83.5 Å². The van der Waals surface area contributed by atoms with Gasteiger partial charge in [0.15, 0.2) is 0 Å². The Morgan fingerprint density at radius 1 is 0.640 bits per heavy atom. The number of pyridine rings is 1. The van der Waals surface area contributed by atoms with Crippen LogP contribution in [-0.2, 0) is 0 Å². The number of hydrogen-bond acceptors (Lipinski definition) is 2. The quantitative estimate of drug-likeness (QED) is 0.449. The third-order valence-corrected chi connectivity index (χ3v) is 3.99. The van der Waals surface area contributed by atoms with E-state index >= 15 is 0 Å². The van der Waals surface area contributed by atoms with Gasteiger partial charge >= 0.3 is 0 Å². The van der Waals surface area contributed by atoms with Crippen LogP contribution in [-0.4, -0.2) is 4.98 Å². The van der Waals surface area contributed by atoms with E-state index in [1.165, 1.54) is 0 Å². The highest BCUT2D eigenvalue weighted by Gasteiger charge is 1.95. The van der Waals surface area contributed by atoms with E-state index in [0.29, 0.717) is 0 Å². The average Bonchev–Trinajstić information content (AvgIpc) is 3.19. The summed E-state index contributed by atoms with van der Waals surface area (Å²) in [6, 6.07) is 24.5. The number of rotatable bonds is 4. The van der Waals surface area contributed by atoms with Crippen molar-refractivity contribution in [3.63, 3.8) is 0 Å². The molecule has 0 radical (unpaired) electrons. The van der Waals surface area contributed by atoms with Crippen molar-refractivity contribution in [2.24, 2.45) is 0 Å². The second-order valence-electron chi connectivity index (χ2n) is 5.78. The number of hydrogen-bond donors (Lipinski definition) is 0. The molecule has 2 nitrogen and oxygen atoms in total. The highest BCUT2D eigenvalue weighted by atomic mass is 16.3. The lowest BCUT2D eigenvalue weighted by molar-refractivity contribution is 0.557. The molecule has 0 atom stereocenters. The number of nitrogens with zero attached hydrogens (tertiary/aromatic N) is 1. The Morgan fingerprint density at radius 2 is 1.40 bits per heavy atom. The van der Waals surface area contributed by atoms with Crippen molar-refractivity contribution in [2.45, 2.75) is 0 Å². The van der Waals surface area contributed by atoms with E-state index in [2.05, 4.69) is 47.5 Å². The summed E-state index contributed by atoms with van der Waals surface area (Å²) in [6.45, 7) is 0. The standard InChI is InChI=1S/C23H17NO/c1-2-6-23-20(4-1)13-15-21(24-23)14-11-18-7-9-19(10-8-18)12-16-22-5-3-17-25-22/h1-17H. The van der Waals surface area contributed by atoms with Crippen molar-refractivity contribution in [2.75, 3.05) is 0 Å². The zero-order valence-corrected chi connectivity index (χ0v) is 13.7. The van der Waals surface area contributed by atoms with Crippen LogP contribution in [0, 0.1) is 0 Å². The lowest BCUT2D eigenvalue weighted by Gasteiger charge is -1.99. The molecular formula is C23H17NO. The minimum Gasteiger partial charge on any atom is -0.465 e. The largest absolute Gasteiger partial charge is 0.465 e. The van der Waals surface area contributed by atoms with Crippen molar-refractivity contribution in [3.05, 3.63) is 102 Å². The summed E-state index contributed by atoms with van der Waals surface area (Å²) in [5, 5.41) is 1.16. The first-order valence-corrected chi connectivity index (χ1v) is 8.22. The van der Waals surface area contributed by atoms with Gasteiger partial charge in [0.05, 0.1) is 17.5 Å². The van der Waals surface area contributed by atoms with Crippen LogP contribution in [0.5, 0.6) is 0 Å². The topological polar surface area (TPSA) is 26.0 Å². The molecule has 2 aromatic heterocycles. The third-order valence-electron chi connectivity index (χ3n) is 3.99. The molecule has 0 aliphatic heterocycles. The Bertz CT molecular complexity index is 1030. The van der Waals surface area contributed by atoms with Gasteiger partial charge in [0.25, 0.3) is 0 Å². The maximum absolute atomic E-state index is 5.29. The van der Waals surface area contributed by atoms with Gasteiger partial charge in [-0.1, -0.05) is 60.7 Å². The molecule has 2 aromatic carbocycles. The second kappa shape index (κ2) is 7.02. The minimum atomic E-state index is 0.853. The van der Waals surface area contributed by atoms with E-state index in [-0.39, 0.29) is 0 Å². The van der Waals surface area contributed by atoms with Crippen molar-refractivity contribution in [1.82, 2.24) is 4.98 Å². The summed E-state index contributed by atoms with van der Waals surface area (Å²) in [4.78, 5) is 4.66. The first-order chi connectivity index (χ1) is 12.4. The first kappa shape index (κ1) is 15.2. The summed E-state index contributed by atoms with van der Waals surface area (Å²) in [5.41, 5.74) is 4.26. The van der Waals surface area contributed by atoms with Crippen molar-refractivity contribution >= 4 is 35.2 Å². The molecule has 0 aliphatic rings. The van der Waals surface area contributed by atoms with Gasteiger partial charge in [-0.25, -0.2) is 4.98 Å². The fourth-order valence-corrected chi connectivity index (χ4v) is 2.64. The smallest absolute Gasteiger partial charge is 0.126 e. The van der Waals surface area contributed by atoms with Crippen LogP contribution in [0.2, 0.25) is 0 Å². The predicted molar refractivity (Wildman–Crippen MR) is 105 cm³/mol. The Balaban J connectivity index is 1.49. The van der Waals surface area contributed by atoms with E-state index in [9.17, 15) is 0 Å². The molecule has 0 fully saturated rings. The lowest BCUT2D eigenvalue weighted by atomic mass is 10.1. The Labute approximate surface area is 146 Å². The third kappa shape index (κ3) is 3.75. The SMILES string of the molecule is C(=Cc1ccc2ccccc2n1)c1ccc(C=Cc2ccco2)cc1. The molecule has 120 valence electrons. The van der Waals surface area contributed by atoms with Gasteiger partial charge in [0, 0.05) is 5.39 Å². The lowest BCUT2D eigenvalue weighted by Crippen LogP contribution is -1.82. The fourth-order valence-electron chi connectivity index (χ4n) is 2.64. The molecule has 0 N–H and O–H groups in total. The van der Waals surface area contributed by atoms with Crippen LogP contribution < -0.4 is 0 Å². The number of benzene rings is 2. The molecule has 0 aliphatic carbocycles. The maximum Gasteiger partial charge on any atom is 0.126 e. The molecule has 25 heavy (non-hydrogen) atoms. The molecule has 0 saturated carbocycles. The number of furan rings is 1. The molecule has 4 aromatic rings. The number of aromatic nitrogens is 1. The summed E-state index contributed by atoms with van der Waals surface area (Å²) in [5.74, 6) is 0.853. The first-order valence-electron chi connectivity index (χ1n) is 8.22. The minimum absolute atomic E-state index is 0.853. The van der Waals surface area contributed by atoms with Gasteiger partial charge in [-0.15, -0.1) is 0 Å². The summed E-state index contributed by atoms with van der Waals surface area (Å²) in [7, 11) is 0. The monoisotopic (exact) mass is 323 g/mol. The Morgan fingerprint density at radius 3 is 2.16 bits per heavy atom. The molecule has 0 bridgehead atoms. The molecule has 0 unspecified atom stereocenters. The van der Waals surface area contributed by atoms with E-state index in [4.69, 9.17) is 4.42 Å². The second-order valence-corrected chi connectivity index (χ2v) is 5.78. The number of fused-ring (bicyclic) bond motifs is 1. The van der Waals surface area contributed by atoms with Crippen LogP contribution >= 0.6 is 0 Å². The molecule has 2 heterocycles. The molecule has 4 rings (SSSR count). The highest BCUT2D eigenvalue weighted by molar-refractivity contribution is 5.81. The summed E-state index contributed by atoms with van der Waals surface area (Å²) in [6.07, 6.45) is 9.80. The van der Waals surface area contributed by atoms with E-state index < -0.39 is 0 Å². The Kier molecular flexibility index (Phi) is 4.25. The van der Waals surface area contributed by atoms with Crippen LogP contribution in [0.25, 0.3) is 35.2 Å². The van der Waals surface area contributed by atoms with Crippen molar-refractivity contribution in [3.8, 4) is 0 Å². The van der Waals surface area contributed by atoms with Crippen molar-refractivity contribution in [1.29, 1.82) is 0 Å². The van der Waals surface area contributed by atoms with Gasteiger partial charge in [0.2, 0.25) is 0 Å². The fraction of sp³-hybridized carbons (Fsp3) is 0. The highest BCUT2D eigenvalue weighted by Crippen LogP contribution is 2.15. The zero-order valence-electron chi connectivity index (χ0n) is 13.7. The molecular weight excluding hydrogens is 306 g/mol. The van der Waals surface area contributed by atoms with Gasteiger partial charge in [-0.2, -0.15) is 0 Å². The van der Waals surface area contributed by atoms with Crippen LogP contribution in [0.4, 0.5) is 0 Å². The molecule has 0 saturated heterocycles. The molecule has 0 spiro atoms. The predicted octanol–water partition coefficient (Wildman–Crippen LogP) is 6.17.